The molecule has 4 nitrogen and oxygen atoms in total. The second kappa shape index (κ2) is 4.94. The van der Waals surface area contributed by atoms with Gasteiger partial charge in [0, 0.05) is 5.69 Å². The molecule has 0 atom stereocenters. The average molecular weight is 272 g/mol. The molecule has 20 heavy (non-hydrogen) atoms. The summed E-state index contributed by atoms with van der Waals surface area (Å²) >= 11 is 0. The number of amides is 1. The summed E-state index contributed by atoms with van der Waals surface area (Å²) < 4.78 is 13.6. The van der Waals surface area contributed by atoms with Gasteiger partial charge in [-0.25, -0.2) is 4.39 Å². The minimum Gasteiger partial charge on any atom is -0.392 e. The predicted molar refractivity (Wildman–Crippen MR) is 74.4 cm³/mol. The minimum atomic E-state index is -0.435. The second-order valence-corrected chi connectivity index (χ2v) is 4.63. The van der Waals surface area contributed by atoms with Gasteiger partial charge in [0.15, 0.2) is 0 Å². The third kappa shape index (κ3) is 2.23. The van der Waals surface area contributed by atoms with Crippen LogP contribution in [-0.2, 0) is 11.4 Å². The SMILES string of the molecule is O=C1CN(c2cc(F)cc(CO)c2)c2ccccc2N1. The van der Waals surface area contributed by atoms with E-state index in [4.69, 9.17) is 5.11 Å². The number of rotatable bonds is 2. The lowest BCUT2D eigenvalue weighted by Crippen LogP contribution is -2.35. The molecule has 0 bridgehead atoms. The van der Waals surface area contributed by atoms with Gasteiger partial charge in [-0.1, -0.05) is 12.1 Å². The van der Waals surface area contributed by atoms with E-state index in [2.05, 4.69) is 5.32 Å². The molecule has 0 radical (unpaired) electrons. The van der Waals surface area contributed by atoms with E-state index in [0.29, 0.717) is 16.9 Å². The van der Waals surface area contributed by atoms with Crippen LogP contribution < -0.4 is 10.2 Å². The summed E-state index contributed by atoms with van der Waals surface area (Å²) in [6, 6.07) is 11.7. The van der Waals surface area contributed by atoms with E-state index in [9.17, 15) is 9.18 Å². The van der Waals surface area contributed by atoms with E-state index in [1.54, 1.807) is 17.0 Å². The van der Waals surface area contributed by atoms with Crippen molar-refractivity contribution in [3.8, 4) is 0 Å². The van der Waals surface area contributed by atoms with Gasteiger partial charge in [0.25, 0.3) is 0 Å². The number of carbonyl (C=O) groups excluding carboxylic acids is 1. The summed E-state index contributed by atoms with van der Waals surface area (Å²) in [6.45, 7) is -0.127. The Morgan fingerprint density at radius 3 is 2.85 bits per heavy atom. The van der Waals surface area contributed by atoms with Crippen molar-refractivity contribution in [3.63, 3.8) is 0 Å². The largest absolute Gasteiger partial charge is 0.392 e. The molecule has 3 rings (SSSR count). The number of hydrogen-bond acceptors (Lipinski definition) is 3. The number of fused-ring (bicyclic) bond motifs is 1. The summed E-state index contributed by atoms with van der Waals surface area (Å²) in [6.07, 6.45) is 0. The maximum atomic E-state index is 13.6. The van der Waals surface area contributed by atoms with Crippen LogP contribution in [0.3, 0.4) is 0 Å². The van der Waals surface area contributed by atoms with Crippen LogP contribution in [0.15, 0.2) is 42.5 Å². The van der Waals surface area contributed by atoms with E-state index in [-0.39, 0.29) is 19.1 Å². The smallest absolute Gasteiger partial charge is 0.244 e. The van der Waals surface area contributed by atoms with Crippen molar-refractivity contribution in [3.05, 3.63) is 53.8 Å². The number of nitrogens with one attached hydrogen (secondary N) is 1. The van der Waals surface area contributed by atoms with Gasteiger partial charge in [0.2, 0.25) is 5.91 Å². The quantitative estimate of drug-likeness (QED) is 0.882. The Bertz CT molecular complexity index is 673. The van der Waals surface area contributed by atoms with Gasteiger partial charge in [-0.3, -0.25) is 4.79 Å². The minimum absolute atomic E-state index is 0.116. The van der Waals surface area contributed by atoms with Gasteiger partial charge in [-0.15, -0.1) is 0 Å². The summed E-state index contributed by atoms with van der Waals surface area (Å²) in [5.74, 6) is -0.589. The number of carbonyl (C=O) groups is 1. The molecular formula is C15H13FN2O2. The molecule has 0 aliphatic carbocycles. The number of nitrogens with zero attached hydrogens (tertiary/aromatic N) is 1. The molecule has 0 fully saturated rings. The van der Waals surface area contributed by atoms with Crippen LogP contribution >= 0.6 is 0 Å². The van der Waals surface area contributed by atoms with Crippen molar-refractivity contribution in [2.75, 3.05) is 16.8 Å². The van der Waals surface area contributed by atoms with E-state index in [1.165, 1.54) is 12.1 Å². The van der Waals surface area contributed by atoms with Crippen LogP contribution in [0.5, 0.6) is 0 Å². The van der Waals surface area contributed by atoms with Gasteiger partial charge in [-0.2, -0.15) is 0 Å². The zero-order chi connectivity index (χ0) is 14.1. The Hall–Kier alpha value is -2.40. The number of para-hydroxylation sites is 2. The van der Waals surface area contributed by atoms with Crippen molar-refractivity contribution in [1.82, 2.24) is 0 Å². The molecular weight excluding hydrogens is 259 g/mol. The number of aliphatic hydroxyl groups excluding tert-OH is 1. The zero-order valence-electron chi connectivity index (χ0n) is 10.6. The van der Waals surface area contributed by atoms with Crippen LogP contribution in [0.25, 0.3) is 0 Å². The Balaban J connectivity index is 2.10. The molecule has 2 aromatic carbocycles. The average Bonchev–Trinajstić information content (AvgIpc) is 2.45. The van der Waals surface area contributed by atoms with E-state index in [1.807, 2.05) is 18.2 Å². The van der Waals surface area contributed by atoms with Crippen molar-refractivity contribution < 1.29 is 14.3 Å². The standard InChI is InChI=1S/C15H13FN2O2/c16-11-5-10(9-19)6-12(7-11)18-8-15(20)17-13-3-1-2-4-14(13)18/h1-7,19H,8-9H2,(H,17,20). The van der Waals surface area contributed by atoms with Gasteiger partial charge in [0.05, 0.1) is 18.0 Å². The Kier molecular flexibility index (Phi) is 3.12. The first-order chi connectivity index (χ1) is 9.67. The first kappa shape index (κ1) is 12.6. The van der Waals surface area contributed by atoms with Crippen molar-refractivity contribution in [2.45, 2.75) is 6.61 Å². The molecule has 0 unspecified atom stereocenters. The second-order valence-electron chi connectivity index (χ2n) is 4.63. The highest BCUT2D eigenvalue weighted by Gasteiger charge is 2.23. The van der Waals surface area contributed by atoms with Crippen LogP contribution in [0.1, 0.15) is 5.56 Å². The normalized spacial score (nSPS) is 13.9. The van der Waals surface area contributed by atoms with E-state index < -0.39 is 5.82 Å². The maximum absolute atomic E-state index is 13.6. The molecule has 1 heterocycles. The predicted octanol–water partition coefficient (Wildman–Crippen LogP) is 2.41. The number of benzene rings is 2. The lowest BCUT2D eigenvalue weighted by Gasteiger charge is -2.31. The van der Waals surface area contributed by atoms with E-state index in [0.717, 1.165) is 5.69 Å². The van der Waals surface area contributed by atoms with Crippen LogP contribution in [0.4, 0.5) is 21.5 Å². The highest BCUT2D eigenvalue weighted by atomic mass is 19.1. The lowest BCUT2D eigenvalue weighted by molar-refractivity contribution is -0.115. The third-order valence-corrected chi connectivity index (χ3v) is 3.21. The molecule has 2 aromatic rings. The topological polar surface area (TPSA) is 52.6 Å². The monoisotopic (exact) mass is 272 g/mol. The van der Waals surface area contributed by atoms with Gasteiger partial charge in [0.1, 0.15) is 12.4 Å². The van der Waals surface area contributed by atoms with Gasteiger partial charge in [-0.05, 0) is 35.9 Å². The maximum Gasteiger partial charge on any atom is 0.244 e. The fourth-order valence-corrected chi connectivity index (χ4v) is 2.34. The van der Waals surface area contributed by atoms with E-state index >= 15 is 0 Å². The first-order valence-electron chi connectivity index (χ1n) is 6.24. The molecule has 0 spiro atoms. The molecule has 102 valence electrons. The highest BCUT2D eigenvalue weighted by molar-refractivity contribution is 6.03. The Morgan fingerprint density at radius 2 is 2.05 bits per heavy atom. The summed E-state index contributed by atoms with van der Waals surface area (Å²) in [7, 11) is 0. The fraction of sp³-hybridized carbons (Fsp3) is 0.133. The summed E-state index contributed by atoms with van der Waals surface area (Å²) in [5, 5.41) is 11.9. The molecule has 5 heteroatoms. The molecule has 2 N–H and O–H groups in total. The number of halogens is 1. The lowest BCUT2D eigenvalue weighted by atomic mass is 10.1. The van der Waals surface area contributed by atoms with Crippen LogP contribution in [-0.4, -0.2) is 17.6 Å². The molecule has 0 saturated heterocycles. The Labute approximate surface area is 115 Å². The molecule has 1 amide bonds. The molecule has 1 aliphatic heterocycles. The van der Waals surface area contributed by atoms with Crippen molar-refractivity contribution in [2.24, 2.45) is 0 Å². The first-order valence-corrected chi connectivity index (χ1v) is 6.24. The van der Waals surface area contributed by atoms with Crippen LogP contribution in [0, 0.1) is 5.82 Å². The van der Waals surface area contributed by atoms with Gasteiger partial charge >= 0.3 is 0 Å². The van der Waals surface area contributed by atoms with Gasteiger partial charge < -0.3 is 15.3 Å². The Morgan fingerprint density at radius 1 is 1.25 bits per heavy atom. The summed E-state index contributed by atoms with van der Waals surface area (Å²) in [4.78, 5) is 13.5. The zero-order valence-corrected chi connectivity index (χ0v) is 10.6. The summed E-state index contributed by atoms with van der Waals surface area (Å²) in [5.41, 5.74) is 2.53. The third-order valence-electron chi connectivity index (χ3n) is 3.21. The van der Waals surface area contributed by atoms with Crippen molar-refractivity contribution in [1.29, 1.82) is 0 Å². The number of anilines is 3. The van der Waals surface area contributed by atoms with Crippen molar-refractivity contribution >= 4 is 23.0 Å². The number of hydrogen-bond donors (Lipinski definition) is 2. The fourth-order valence-electron chi connectivity index (χ4n) is 2.34. The molecule has 0 aromatic heterocycles. The van der Waals surface area contributed by atoms with Crippen LogP contribution in [0.2, 0.25) is 0 Å². The highest BCUT2D eigenvalue weighted by Crippen LogP contribution is 2.35. The molecule has 0 saturated carbocycles. The number of aliphatic hydroxyl groups is 1. The molecule has 1 aliphatic rings.